The van der Waals surface area contributed by atoms with Crippen molar-refractivity contribution in [3.05, 3.63) is 12.4 Å². The topological polar surface area (TPSA) is 43.8 Å². The van der Waals surface area contributed by atoms with Crippen molar-refractivity contribution in [1.29, 1.82) is 0 Å². The normalized spacial score (nSPS) is 13.2. The third-order valence-electron chi connectivity index (χ3n) is 1.34. The van der Waals surface area contributed by atoms with Crippen LogP contribution in [0.1, 0.15) is 13.8 Å². The summed E-state index contributed by atoms with van der Waals surface area (Å²) in [5.74, 6) is -0.833. The second-order valence-corrected chi connectivity index (χ2v) is 2.62. The van der Waals surface area contributed by atoms with Crippen LogP contribution in [0.15, 0.2) is 12.4 Å². The van der Waals surface area contributed by atoms with Crippen LogP contribution in [0.3, 0.4) is 0 Å². The number of nitrogens with zero attached hydrogens (tertiary/aromatic N) is 2. The summed E-state index contributed by atoms with van der Waals surface area (Å²) < 4.78 is 0. The monoisotopic (exact) mass is 208 g/mol. The summed E-state index contributed by atoms with van der Waals surface area (Å²) in [6.45, 7) is 5.40. The first-order valence-electron chi connectivity index (χ1n) is 3.88. The van der Waals surface area contributed by atoms with Gasteiger partial charge in [0.2, 0.25) is 0 Å². The molecule has 0 spiro atoms. The fraction of sp³-hybridized carbons (Fsp3) is 0.625. The molecule has 4 nitrogen and oxygen atoms in total. The molecule has 5 heteroatoms. The first kappa shape index (κ1) is 14.6. The number of carboxylic acids is 1. The molecule has 13 heavy (non-hydrogen) atoms. The fourth-order valence-corrected chi connectivity index (χ4v) is 0.794. The van der Waals surface area contributed by atoms with Gasteiger partial charge in [-0.05, 0) is 6.92 Å². The predicted octanol–water partition coefficient (Wildman–Crippen LogP) is 1.20. The Morgan fingerprint density at radius 3 is 2.15 bits per heavy atom. The maximum atomic E-state index is 9.00. The van der Waals surface area contributed by atoms with E-state index in [0.717, 1.165) is 20.1 Å². The van der Waals surface area contributed by atoms with Crippen molar-refractivity contribution in [1.82, 2.24) is 9.80 Å². The number of rotatable bonds is 1. The third kappa shape index (κ3) is 9.01. The zero-order valence-electron chi connectivity index (χ0n) is 8.23. The summed E-state index contributed by atoms with van der Waals surface area (Å²) in [5, 5.41) is 7.42. The average Bonchev–Trinajstić information content (AvgIpc) is 2.34. The van der Waals surface area contributed by atoms with Crippen molar-refractivity contribution in [3.8, 4) is 0 Å². The standard InChI is InChI=1S/C6H12N2.C2H4O2.ClH/c1-3-8-5-4-7(2)6-8;1-2(3)4;/h4-5H,3,6H2,1-2H3;1H3,(H,3,4);1H. The minimum Gasteiger partial charge on any atom is -0.481 e. The van der Waals surface area contributed by atoms with Crippen LogP contribution in [0.5, 0.6) is 0 Å². The molecular formula is C8H17ClN2O2. The number of carbonyl (C=O) groups is 1. The van der Waals surface area contributed by atoms with E-state index in [9.17, 15) is 0 Å². The van der Waals surface area contributed by atoms with Crippen molar-refractivity contribution < 1.29 is 9.90 Å². The molecular weight excluding hydrogens is 192 g/mol. The van der Waals surface area contributed by atoms with Crippen LogP contribution in [0, 0.1) is 0 Å². The van der Waals surface area contributed by atoms with Crippen LogP contribution >= 0.6 is 12.4 Å². The lowest BCUT2D eigenvalue weighted by molar-refractivity contribution is -0.134. The van der Waals surface area contributed by atoms with Crippen LogP contribution in [0.4, 0.5) is 0 Å². The Kier molecular flexibility index (Phi) is 8.69. The maximum Gasteiger partial charge on any atom is 0.300 e. The van der Waals surface area contributed by atoms with E-state index < -0.39 is 5.97 Å². The van der Waals surface area contributed by atoms with Crippen LogP contribution < -0.4 is 0 Å². The van der Waals surface area contributed by atoms with Crippen molar-refractivity contribution in [2.24, 2.45) is 0 Å². The molecule has 0 bridgehead atoms. The van der Waals surface area contributed by atoms with E-state index in [-0.39, 0.29) is 12.4 Å². The zero-order valence-corrected chi connectivity index (χ0v) is 9.04. The smallest absolute Gasteiger partial charge is 0.300 e. The molecule has 0 aromatic heterocycles. The highest BCUT2D eigenvalue weighted by molar-refractivity contribution is 5.85. The van der Waals surface area contributed by atoms with Gasteiger partial charge >= 0.3 is 0 Å². The molecule has 1 N–H and O–H groups in total. The first-order valence-corrected chi connectivity index (χ1v) is 3.88. The van der Waals surface area contributed by atoms with Crippen molar-refractivity contribution in [2.75, 3.05) is 20.3 Å². The molecule has 0 fully saturated rings. The van der Waals surface area contributed by atoms with E-state index >= 15 is 0 Å². The van der Waals surface area contributed by atoms with Gasteiger partial charge in [-0.1, -0.05) is 0 Å². The predicted molar refractivity (Wildman–Crippen MR) is 54.7 cm³/mol. The molecule has 1 aliphatic rings. The number of aliphatic carboxylic acids is 1. The molecule has 1 aliphatic heterocycles. The van der Waals surface area contributed by atoms with Crippen molar-refractivity contribution in [2.45, 2.75) is 13.8 Å². The Labute approximate surface area is 85.2 Å². The number of halogens is 1. The van der Waals surface area contributed by atoms with Gasteiger partial charge < -0.3 is 14.9 Å². The summed E-state index contributed by atoms with van der Waals surface area (Å²) in [6.07, 6.45) is 4.20. The van der Waals surface area contributed by atoms with Gasteiger partial charge in [-0.25, -0.2) is 0 Å². The molecule has 0 saturated heterocycles. The maximum absolute atomic E-state index is 9.00. The van der Waals surface area contributed by atoms with Gasteiger partial charge in [0.25, 0.3) is 5.97 Å². The highest BCUT2D eigenvalue weighted by Gasteiger charge is 2.03. The molecule has 1 rings (SSSR count). The summed E-state index contributed by atoms with van der Waals surface area (Å²) in [7, 11) is 2.08. The number of hydrogen-bond donors (Lipinski definition) is 1. The quantitative estimate of drug-likeness (QED) is 0.703. The molecule has 0 radical (unpaired) electrons. The lowest BCUT2D eigenvalue weighted by Gasteiger charge is -2.14. The zero-order chi connectivity index (χ0) is 9.56. The van der Waals surface area contributed by atoms with Crippen LogP contribution in [-0.2, 0) is 4.79 Å². The van der Waals surface area contributed by atoms with Crippen LogP contribution in [-0.4, -0.2) is 41.1 Å². The minimum atomic E-state index is -0.833. The van der Waals surface area contributed by atoms with Gasteiger partial charge in [0, 0.05) is 32.9 Å². The van der Waals surface area contributed by atoms with Crippen molar-refractivity contribution in [3.63, 3.8) is 0 Å². The number of hydrogen-bond acceptors (Lipinski definition) is 3. The van der Waals surface area contributed by atoms with E-state index in [1.165, 1.54) is 0 Å². The molecule has 0 unspecified atom stereocenters. The highest BCUT2D eigenvalue weighted by Crippen LogP contribution is 2.00. The lowest BCUT2D eigenvalue weighted by Crippen LogP contribution is -2.21. The first-order chi connectivity index (χ1) is 5.56. The molecule has 1 heterocycles. The van der Waals surface area contributed by atoms with Gasteiger partial charge in [0.05, 0.1) is 6.67 Å². The summed E-state index contributed by atoms with van der Waals surface area (Å²) >= 11 is 0. The SMILES string of the molecule is CC(=O)O.CCN1C=CN(C)C1.Cl. The van der Waals surface area contributed by atoms with E-state index in [0.29, 0.717) is 0 Å². The van der Waals surface area contributed by atoms with Gasteiger partial charge in [-0.15, -0.1) is 12.4 Å². The molecule has 0 aromatic carbocycles. The largest absolute Gasteiger partial charge is 0.481 e. The van der Waals surface area contributed by atoms with Gasteiger partial charge in [-0.2, -0.15) is 0 Å². The highest BCUT2D eigenvalue weighted by atomic mass is 35.5. The molecule has 78 valence electrons. The van der Waals surface area contributed by atoms with Crippen LogP contribution in [0.2, 0.25) is 0 Å². The fourth-order valence-electron chi connectivity index (χ4n) is 0.794. The Morgan fingerprint density at radius 2 is 2.00 bits per heavy atom. The summed E-state index contributed by atoms with van der Waals surface area (Å²) in [5.41, 5.74) is 0. The minimum absolute atomic E-state index is 0. The van der Waals surface area contributed by atoms with Gasteiger partial charge in [0.1, 0.15) is 0 Å². The molecule has 0 aromatic rings. The Hall–Kier alpha value is -0.900. The van der Waals surface area contributed by atoms with Gasteiger partial charge in [0.15, 0.2) is 0 Å². The van der Waals surface area contributed by atoms with E-state index in [1.807, 2.05) is 0 Å². The van der Waals surface area contributed by atoms with Crippen molar-refractivity contribution >= 4 is 18.4 Å². The third-order valence-corrected chi connectivity index (χ3v) is 1.34. The second kappa shape index (κ2) is 7.73. The lowest BCUT2D eigenvalue weighted by atomic mass is 10.6. The Bertz CT molecular complexity index is 170. The van der Waals surface area contributed by atoms with Crippen LogP contribution in [0.25, 0.3) is 0 Å². The molecule has 0 saturated carbocycles. The molecule has 0 amide bonds. The summed E-state index contributed by atoms with van der Waals surface area (Å²) in [6, 6.07) is 0. The van der Waals surface area contributed by atoms with E-state index in [2.05, 4.69) is 36.2 Å². The number of carboxylic acid groups (broad SMARTS) is 1. The summed E-state index contributed by atoms with van der Waals surface area (Å²) in [4.78, 5) is 13.4. The Morgan fingerprint density at radius 1 is 1.54 bits per heavy atom. The second-order valence-electron chi connectivity index (χ2n) is 2.62. The molecule has 0 atom stereocenters. The average molecular weight is 209 g/mol. The Balaban J connectivity index is 0. The molecule has 0 aliphatic carbocycles. The van der Waals surface area contributed by atoms with E-state index in [4.69, 9.17) is 9.90 Å². The van der Waals surface area contributed by atoms with Gasteiger partial charge in [-0.3, -0.25) is 4.79 Å². The van der Waals surface area contributed by atoms with E-state index in [1.54, 1.807) is 0 Å².